The Bertz CT molecular complexity index is 793. The quantitative estimate of drug-likeness (QED) is 0.778. The first-order valence-corrected chi connectivity index (χ1v) is 8.18. The van der Waals surface area contributed by atoms with Gasteiger partial charge in [-0.1, -0.05) is 36.4 Å². The molecule has 102 valence electrons. The first-order valence-electron chi connectivity index (χ1n) is 5.82. The fraction of sp³-hybridized carbons (Fsp3) is 0. The van der Waals surface area contributed by atoms with Gasteiger partial charge in [0.1, 0.15) is 4.21 Å². The molecule has 5 nitrogen and oxygen atoms in total. The lowest BCUT2D eigenvalue weighted by Gasteiger charge is -2.01. The molecule has 0 radical (unpaired) electrons. The molecule has 0 spiro atoms. The zero-order chi connectivity index (χ0) is 14.0. The van der Waals surface area contributed by atoms with Gasteiger partial charge in [0.05, 0.1) is 5.69 Å². The third-order valence-electron chi connectivity index (χ3n) is 2.66. The number of nitrogens with zero attached hydrogens (tertiary/aromatic N) is 1. The van der Waals surface area contributed by atoms with Gasteiger partial charge in [0.2, 0.25) is 0 Å². The first-order chi connectivity index (χ1) is 9.65. The third-order valence-corrected chi connectivity index (χ3v) is 5.41. The molecule has 7 heteroatoms. The van der Waals surface area contributed by atoms with Crippen LogP contribution in [-0.2, 0) is 10.0 Å². The molecule has 3 aromatic rings. The van der Waals surface area contributed by atoms with Crippen LogP contribution in [0.5, 0.6) is 0 Å². The highest BCUT2D eigenvalue weighted by Gasteiger charge is 2.16. The van der Waals surface area contributed by atoms with Crippen LogP contribution in [0.3, 0.4) is 0 Å². The van der Waals surface area contributed by atoms with Crippen molar-refractivity contribution in [3.63, 3.8) is 0 Å². The van der Waals surface area contributed by atoms with Crippen LogP contribution >= 0.6 is 11.3 Å². The van der Waals surface area contributed by atoms with E-state index in [0.29, 0.717) is 0 Å². The normalized spacial score (nSPS) is 11.4. The molecule has 1 aromatic carbocycles. The van der Waals surface area contributed by atoms with Gasteiger partial charge in [0, 0.05) is 6.07 Å². The number of H-pyrrole nitrogens is 1. The van der Waals surface area contributed by atoms with Crippen LogP contribution in [0.4, 0.5) is 5.82 Å². The predicted molar refractivity (Wildman–Crippen MR) is 79.2 cm³/mol. The van der Waals surface area contributed by atoms with Crippen LogP contribution in [0.15, 0.2) is 58.1 Å². The number of nitrogens with one attached hydrogen (secondary N) is 2. The lowest BCUT2D eigenvalue weighted by molar-refractivity contribution is 0.603. The SMILES string of the molecule is O=S(=O)(Nc1cc(-c2ccccc2)[nH]n1)c1cccs1. The van der Waals surface area contributed by atoms with Crippen LogP contribution in [0.2, 0.25) is 0 Å². The summed E-state index contributed by atoms with van der Waals surface area (Å²) < 4.78 is 26.8. The number of anilines is 1. The molecule has 0 saturated carbocycles. The van der Waals surface area contributed by atoms with Gasteiger partial charge in [-0.25, -0.2) is 8.42 Å². The van der Waals surface area contributed by atoms with Crippen molar-refractivity contribution >= 4 is 27.2 Å². The topological polar surface area (TPSA) is 74.8 Å². The number of aromatic amines is 1. The lowest BCUT2D eigenvalue weighted by atomic mass is 10.2. The van der Waals surface area contributed by atoms with Gasteiger partial charge in [-0.2, -0.15) is 5.10 Å². The second-order valence-corrected chi connectivity index (χ2v) is 6.93. The fourth-order valence-electron chi connectivity index (χ4n) is 1.74. The third kappa shape index (κ3) is 2.59. The minimum atomic E-state index is -3.55. The second kappa shape index (κ2) is 5.10. The average molecular weight is 305 g/mol. The number of rotatable bonds is 4. The van der Waals surface area contributed by atoms with Crippen molar-refractivity contribution in [1.82, 2.24) is 10.2 Å². The summed E-state index contributed by atoms with van der Waals surface area (Å²) in [7, 11) is -3.55. The molecular formula is C13H11N3O2S2. The van der Waals surface area contributed by atoms with Crippen molar-refractivity contribution in [2.75, 3.05) is 4.72 Å². The number of thiophene rings is 1. The summed E-state index contributed by atoms with van der Waals surface area (Å²) in [5.41, 5.74) is 1.70. The summed E-state index contributed by atoms with van der Waals surface area (Å²) in [6, 6.07) is 14.5. The molecule has 0 unspecified atom stereocenters. The van der Waals surface area contributed by atoms with E-state index < -0.39 is 10.0 Å². The monoisotopic (exact) mass is 305 g/mol. The lowest BCUT2D eigenvalue weighted by Crippen LogP contribution is -2.11. The summed E-state index contributed by atoms with van der Waals surface area (Å²) in [5.74, 6) is 0.275. The molecule has 0 atom stereocenters. The van der Waals surface area contributed by atoms with Gasteiger partial charge < -0.3 is 0 Å². The van der Waals surface area contributed by atoms with Crippen molar-refractivity contribution < 1.29 is 8.42 Å². The molecule has 0 fully saturated rings. The molecule has 0 amide bonds. The highest BCUT2D eigenvalue weighted by Crippen LogP contribution is 2.22. The van der Waals surface area contributed by atoms with E-state index in [0.717, 1.165) is 22.6 Å². The Labute approximate surface area is 120 Å². The Balaban J connectivity index is 1.85. The molecule has 0 saturated heterocycles. The number of sulfonamides is 1. The van der Waals surface area contributed by atoms with Gasteiger partial charge >= 0.3 is 0 Å². The molecule has 20 heavy (non-hydrogen) atoms. The van der Waals surface area contributed by atoms with E-state index in [1.165, 1.54) is 0 Å². The predicted octanol–water partition coefficient (Wildman–Crippen LogP) is 2.94. The summed E-state index contributed by atoms with van der Waals surface area (Å²) >= 11 is 1.16. The number of benzene rings is 1. The van der Waals surface area contributed by atoms with E-state index in [2.05, 4.69) is 14.9 Å². The summed E-state index contributed by atoms with van der Waals surface area (Å²) in [5, 5.41) is 8.51. The van der Waals surface area contributed by atoms with Crippen molar-refractivity contribution in [3.05, 3.63) is 53.9 Å². The maximum atomic E-state index is 12.1. The first kappa shape index (κ1) is 12.9. The van der Waals surface area contributed by atoms with Crippen LogP contribution in [0, 0.1) is 0 Å². The van der Waals surface area contributed by atoms with Crippen LogP contribution in [0.25, 0.3) is 11.3 Å². The maximum absolute atomic E-state index is 12.1. The molecular weight excluding hydrogens is 294 g/mol. The summed E-state index contributed by atoms with van der Waals surface area (Å²) in [4.78, 5) is 0. The van der Waals surface area contributed by atoms with E-state index in [9.17, 15) is 8.42 Å². The van der Waals surface area contributed by atoms with E-state index in [-0.39, 0.29) is 10.0 Å². The van der Waals surface area contributed by atoms with Crippen molar-refractivity contribution in [1.29, 1.82) is 0 Å². The van der Waals surface area contributed by atoms with Crippen LogP contribution in [0.1, 0.15) is 0 Å². The Morgan fingerprint density at radius 3 is 2.60 bits per heavy atom. The molecule has 0 bridgehead atoms. The Morgan fingerprint density at radius 1 is 1.10 bits per heavy atom. The van der Waals surface area contributed by atoms with E-state index in [1.54, 1.807) is 23.6 Å². The highest BCUT2D eigenvalue weighted by atomic mass is 32.2. The number of aromatic nitrogens is 2. The molecule has 0 aliphatic rings. The molecule has 2 heterocycles. The van der Waals surface area contributed by atoms with Gasteiger partial charge in [-0.05, 0) is 17.0 Å². The zero-order valence-corrected chi connectivity index (χ0v) is 11.9. The van der Waals surface area contributed by atoms with Crippen molar-refractivity contribution in [3.8, 4) is 11.3 Å². The molecule has 3 rings (SSSR count). The molecule has 2 N–H and O–H groups in total. The van der Waals surface area contributed by atoms with E-state index in [1.807, 2.05) is 30.3 Å². The largest absolute Gasteiger partial charge is 0.276 e. The van der Waals surface area contributed by atoms with Crippen LogP contribution < -0.4 is 4.72 Å². The van der Waals surface area contributed by atoms with Crippen molar-refractivity contribution in [2.24, 2.45) is 0 Å². The smallest absolute Gasteiger partial charge is 0.272 e. The van der Waals surface area contributed by atoms with E-state index >= 15 is 0 Å². The molecule has 2 aromatic heterocycles. The van der Waals surface area contributed by atoms with Gasteiger partial charge in [-0.15, -0.1) is 11.3 Å². The number of hydrogen-bond donors (Lipinski definition) is 2. The highest BCUT2D eigenvalue weighted by molar-refractivity contribution is 7.94. The Hall–Kier alpha value is -2.12. The average Bonchev–Trinajstić information content (AvgIpc) is 3.10. The minimum Gasteiger partial charge on any atom is -0.276 e. The minimum absolute atomic E-state index is 0.266. The molecule has 0 aliphatic carbocycles. The van der Waals surface area contributed by atoms with E-state index in [4.69, 9.17) is 0 Å². The van der Waals surface area contributed by atoms with Gasteiger partial charge in [-0.3, -0.25) is 9.82 Å². The number of hydrogen-bond acceptors (Lipinski definition) is 4. The Morgan fingerprint density at radius 2 is 1.90 bits per heavy atom. The van der Waals surface area contributed by atoms with Gasteiger partial charge in [0.25, 0.3) is 10.0 Å². The fourth-order valence-corrected chi connectivity index (χ4v) is 3.73. The van der Waals surface area contributed by atoms with Crippen molar-refractivity contribution in [2.45, 2.75) is 4.21 Å². The Kier molecular flexibility index (Phi) is 3.29. The summed E-state index contributed by atoms with van der Waals surface area (Å²) in [6.07, 6.45) is 0. The summed E-state index contributed by atoms with van der Waals surface area (Å²) in [6.45, 7) is 0. The maximum Gasteiger partial charge on any atom is 0.272 e. The molecule has 0 aliphatic heterocycles. The standard InChI is InChI=1S/C13H11N3O2S2/c17-20(18,13-7-4-8-19-13)16-12-9-11(14-15-12)10-5-2-1-3-6-10/h1-9H,(H2,14,15,16). The van der Waals surface area contributed by atoms with Gasteiger partial charge in [0.15, 0.2) is 5.82 Å². The second-order valence-electron chi connectivity index (χ2n) is 4.07. The zero-order valence-electron chi connectivity index (χ0n) is 10.3. The van der Waals surface area contributed by atoms with Crippen LogP contribution in [-0.4, -0.2) is 18.6 Å².